The SMILES string of the molecule is COC(=O)c1ccc(C(=O)O)c(-c2c3ccc(=O)c(CNc4cccc5ccc(C(=O)O)nc45)c-3oc3c(CNc4cccc5ccc(C(=O)O)nc45)c(O)c(Cl)cc23)c1. The van der Waals surface area contributed by atoms with E-state index in [2.05, 4.69) is 20.6 Å². The number of phenolic OH excluding ortho intramolecular Hbond substituents is 1. The van der Waals surface area contributed by atoms with Crippen LogP contribution in [0.2, 0.25) is 5.02 Å². The summed E-state index contributed by atoms with van der Waals surface area (Å²) in [6, 6.07) is 24.2. The molecule has 60 heavy (non-hydrogen) atoms. The zero-order chi connectivity index (χ0) is 42.4. The van der Waals surface area contributed by atoms with Crippen molar-refractivity contribution in [1.82, 2.24) is 9.97 Å². The van der Waals surface area contributed by atoms with Crippen LogP contribution >= 0.6 is 11.6 Å². The minimum Gasteiger partial charge on any atom is -0.506 e. The van der Waals surface area contributed by atoms with Gasteiger partial charge in [0.2, 0.25) is 0 Å². The van der Waals surface area contributed by atoms with Gasteiger partial charge in [-0.05, 0) is 66.2 Å². The van der Waals surface area contributed by atoms with Crippen LogP contribution in [0.3, 0.4) is 0 Å². The molecule has 1 aliphatic heterocycles. The second kappa shape index (κ2) is 15.4. The van der Waals surface area contributed by atoms with Crippen LogP contribution in [0.1, 0.15) is 52.8 Å². The lowest BCUT2D eigenvalue weighted by atomic mass is 9.87. The van der Waals surface area contributed by atoms with Crippen molar-refractivity contribution in [2.24, 2.45) is 0 Å². The first-order chi connectivity index (χ1) is 28.8. The Morgan fingerprint density at radius 3 is 1.88 bits per heavy atom. The Labute approximate surface area is 342 Å². The summed E-state index contributed by atoms with van der Waals surface area (Å²) in [6.07, 6.45) is 0. The number of methoxy groups -OCH3 is 1. The maximum atomic E-state index is 13.8. The van der Waals surface area contributed by atoms with Gasteiger partial charge in [-0.25, -0.2) is 29.1 Å². The molecule has 0 radical (unpaired) electrons. The highest BCUT2D eigenvalue weighted by atomic mass is 35.5. The first-order valence-electron chi connectivity index (χ1n) is 18.0. The summed E-state index contributed by atoms with van der Waals surface area (Å²) in [6.45, 7) is -0.404. The van der Waals surface area contributed by atoms with Crippen LogP contribution in [-0.2, 0) is 17.8 Å². The molecule has 0 saturated heterocycles. The van der Waals surface area contributed by atoms with Gasteiger partial charge in [0.15, 0.2) is 5.43 Å². The van der Waals surface area contributed by atoms with E-state index in [4.69, 9.17) is 20.8 Å². The average molecular weight is 825 g/mol. The van der Waals surface area contributed by atoms with Gasteiger partial charge >= 0.3 is 23.9 Å². The van der Waals surface area contributed by atoms with Crippen molar-refractivity contribution in [3.05, 3.63) is 146 Å². The van der Waals surface area contributed by atoms with Crippen LogP contribution in [0.4, 0.5) is 11.4 Å². The number of pyridine rings is 2. The number of para-hydroxylation sites is 2. The van der Waals surface area contributed by atoms with Crippen molar-refractivity contribution in [2.75, 3.05) is 17.7 Å². The summed E-state index contributed by atoms with van der Waals surface area (Å²) in [5.41, 5.74) is 0.941. The van der Waals surface area contributed by atoms with Gasteiger partial charge < -0.3 is 40.2 Å². The number of esters is 1. The molecule has 0 amide bonds. The number of halogens is 1. The van der Waals surface area contributed by atoms with Crippen molar-refractivity contribution >= 4 is 79.6 Å². The number of aromatic nitrogens is 2. The van der Waals surface area contributed by atoms with Crippen LogP contribution in [0.25, 0.3) is 55.2 Å². The van der Waals surface area contributed by atoms with E-state index in [1.165, 1.54) is 55.6 Å². The fourth-order valence-corrected chi connectivity index (χ4v) is 7.36. The molecular formula is C44H29ClN4O11. The average Bonchev–Trinajstić information content (AvgIpc) is 3.24. The number of benzene rings is 5. The number of nitrogens with one attached hydrogen (secondary N) is 2. The van der Waals surface area contributed by atoms with Gasteiger partial charge in [0, 0.05) is 40.4 Å². The number of anilines is 2. The Balaban J connectivity index is 1.37. The zero-order valence-electron chi connectivity index (χ0n) is 31.1. The second-order valence-corrected chi connectivity index (χ2v) is 13.9. The maximum Gasteiger partial charge on any atom is 0.354 e. The van der Waals surface area contributed by atoms with E-state index >= 15 is 0 Å². The monoisotopic (exact) mass is 824 g/mol. The van der Waals surface area contributed by atoms with Gasteiger partial charge in [-0.15, -0.1) is 0 Å². The Morgan fingerprint density at radius 1 is 0.717 bits per heavy atom. The van der Waals surface area contributed by atoms with E-state index in [1.54, 1.807) is 48.5 Å². The van der Waals surface area contributed by atoms with Gasteiger partial charge in [-0.1, -0.05) is 48.0 Å². The number of carbonyl (C=O) groups is 4. The Morgan fingerprint density at radius 2 is 1.32 bits per heavy atom. The summed E-state index contributed by atoms with van der Waals surface area (Å²) in [7, 11) is 1.18. The number of aromatic hydroxyl groups is 1. The number of hydrogen-bond acceptors (Lipinski definition) is 12. The molecule has 2 aliphatic rings. The largest absolute Gasteiger partial charge is 0.506 e. The Bertz CT molecular complexity index is 3160. The third-order valence-corrected chi connectivity index (χ3v) is 10.3. The lowest BCUT2D eigenvalue weighted by Gasteiger charge is -2.22. The van der Waals surface area contributed by atoms with Crippen LogP contribution in [0, 0.1) is 0 Å². The number of carboxylic acid groups (broad SMARTS) is 3. The molecule has 0 fully saturated rings. The molecule has 0 saturated carbocycles. The molecule has 8 rings (SSSR count). The first kappa shape index (κ1) is 38.8. The maximum absolute atomic E-state index is 13.8. The van der Waals surface area contributed by atoms with E-state index in [0.717, 1.165) is 0 Å². The smallest absolute Gasteiger partial charge is 0.354 e. The standard InChI is InChI=1S/C44H29ClN4O11/c1-59-44(58)22-8-11-23(41(52)53)25(16-22)35-24-12-15-34(50)27(18-46-30-6-2-4-20-9-13-32(42(54)55)48-36(20)30)39(24)60-40-26(35)17-29(45)38(51)28(40)19-47-31-7-3-5-21-10-14-33(43(56)57)49-37(21)31/h2-17,46-47,51H,18-19H2,1H3,(H,52,53)(H,54,55)(H,56,57). The van der Waals surface area contributed by atoms with Crippen molar-refractivity contribution in [2.45, 2.75) is 13.1 Å². The van der Waals surface area contributed by atoms with Crippen molar-refractivity contribution < 1.29 is 48.8 Å². The number of rotatable bonds is 11. The lowest BCUT2D eigenvalue weighted by molar-refractivity contribution is 0.0597. The fourth-order valence-electron chi connectivity index (χ4n) is 7.14. The van der Waals surface area contributed by atoms with E-state index < -0.39 is 35.1 Å². The summed E-state index contributed by atoms with van der Waals surface area (Å²) in [4.78, 5) is 71.6. The highest BCUT2D eigenvalue weighted by Gasteiger charge is 2.29. The van der Waals surface area contributed by atoms with Gasteiger partial charge in [0.25, 0.3) is 0 Å². The number of hydrogen-bond donors (Lipinski definition) is 6. The Kier molecular flexibility index (Phi) is 9.95. The van der Waals surface area contributed by atoms with Crippen molar-refractivity contribution in [3.63, 3.8) is 0 Å². The lowest BCUT2D eigenvalue weighted by Crippen LogP contribution is -2.16. The number of phenols is 1. The predicted octanol–water partition coefficient (Wildman–Crippen LogP) is 8.13. The number of ether oxygens (including phenoxy) is 1. The van der Waals surface area contributed by atoms with Crippen LogP contribution in [0.5, 0.6) is 5.75 Å². The van der Waals surface area contributed by atoms with E-state index in [9.17, 15) is 44.4 Å². The molecule has 3 heterocycles. The van der Waals surface area contributed by atoms with Gasteiger partial charge in [-0.2, -0.15) is 0 Å². The molecule has 16 heteroatoms. The molecule has 15 nitrogen and oxygen atoms in total. The summed E-state index contributed by atoms with van der Waals surface area (Å²) in [5, 5.41) is 48.9. The van der Waals surface area contributed by atoms with Gasteiger partial charge in [0.1, 0.15) is 28.5 Å². The molecule has 1 aliphatic carbocycles. The molecule has 0 atom stereocenters. The van der Waals surface area contributed by atoms with Crippen molar-refractivity contribution in [3.8, 4) is 28.2 Å². The third-order valence-electron chi connectivity index (χ3n) is 9.99. The summed E-state index contributed by atoms with van der Waals surface area (Å²) < 4.78 is 11.6. The fraction of sp³-hybridized carbons (Fsp3) is 0.0682. The molecule has 0 spiro atoms. The molecule has 2 aromatic heterocycles. The zero-order valence-corrected chi connectivity index (χ0v) is 31.8. The number of carboxylic acids is 3. The second-order valence-electron chi connectivity index (χ2n) is 13.5. The molecule has 6 aromatic rings. The normalized spacial score (nSPS) is 11.2. The van der Waals surface area contributed by atoms with E-state index in [-0.39, 0.29) is 85.2 Å². The third kappa shape index (κ3) is 6.88. The molecular weight excluding hydrogens is 796 g/mol. The number of fused-ring (bicyclic) bond motifs is 4. The molecule has 0 unspecified atom stereocenters. The van der Waals surface area contributed by atoms with E-state index in [1.807, 2.05) is 0 Å². The summed E-state index contributed by atoms with van der Waals surface area (Å²) in [5.74, 6) is -4.98. The minimum absolute atomic E-state index is 0.0158. The first-order valence-corrected chi connectivity index (χ1v) is 18.3. The highest BCUT2D eigenvalue weighted by Crippen LogP contribution is 2.47. The topological polar surface area (TPSA) is 238 Å². The molecule has 0 bridgehead atoms. The van der Waals surface area contributed by atoms with E-state index in [0.29, 0.717) is 33.2 Å². The molecule has 4 aromatic carbocycles. The number of aromatic carboxylic acids is 3. The van der Waals surface area contributed by atoms with Gasteiger partial charge in [0.05, 0.1) is 56.8 Å². The quantitative estimate of drug-likeness (QED) is 0.0533. The molecule has 298 valence electrons. The van der Waals surface area contributed by atoms with Crippen LogP contribution in [0.15, 0.2) is 106 Å². The summed E-state index contributed by atoms with van der Waals surface area (Å²) >= 11 is 6.70. The minimum atomic E-state index is -1.34. The van der Waals surface area contributed by atoms with Crippen molar-refractivity contribution in [1.29, 1.82) is 0 Å². The van der Waals surface area contributed by atoms with Gasteiger partial charge in [-0.3, -0.25) is 4.79 Å². The predicted molar refractivity (Wildman–Crippen MR) is 222 cm³/mol. The number of nitrogens with zero attached hydrogens (tertiary/aromatic N) is 2. The Hall–Kier alpha value is -8.04. The highest BCUT2D eigenvalue weighted by molar-refractivity contribution is 6.33. The number of carbonyl (C=O) groups excluding carboxylic acids is 1. The van der Waals surface area contributed by atoms with Crippen LogP contribution in [-0.4, -0.2) is 61.4 Å². The molecule has 6 N–H and O–H groups in total. The van der Waals surface area contributed by atoms with Crippen LogP contribution < -0.4 is 16.1 Å².